The summed E-state index contributed by atoms with van der Waals surface area (Å²) in [5.41, 5.74) is 6.89. The summed E-state index contributed by atoms with van der Waals surface area (Å²) in [5.74, 6) is 1.15. The Morgan fingerprint density at radius 3 is 2.41 bits per heavy atom. The molecule has 1 aliphatic rings. The Balaban J connectivity index is 1.81. The topological polar surface area (TPSA) is 50.2 Å². The summed E-state index contributed by atoms with van der Waals surface area (Å²) in [6.45, 7) is 14.3. The van der Waals surface area contributed by atoms with Crippen LogP contribution in [-0.4, -0.2) is 22.0 Å². The summed E-state index contributed by atoms with van der Waals surface area (Å²) in [7, 11) is 2.09. The fraction of sp³-hybridized carbons (Fsp3) is 0.545. The van der Waals surface area contributed by atoms with Gasteiger partial charge in [-0.05, 0) is 49.4 Å². The van der Waals surface area contributed by atoms with Crippen LogP contribution < -0.4 is 10.2 Å². The Bertz CT molecular complexity index is 850. The van der Waals surface area contributed by atoms with Crippen LogP contribution in [0.4, 0.5) is 11.4 Å². The molecule has 0 atom stereocenters. The summed E-state index contributed by atoms with van der Waals surface area (Å²) in [4.78, 5) is 19.5. The number of aromatic nitrogens is 2. The molecule has 0 bridgehead atoms. The zero-order chi connectivity index (χ0) is 19.9. The average molecular weight is 369 g/mol. The number of imidazole rings is 1. The number of nitrogens with zero attached hydrogens (tertiary/aromatic N) is 3. The van der Waals surface area contributed by atoms with Crippen LogP contribution in [0.25, 0.3) is 0 Å². The lowest BCUT2D eigenvalue weighted by Crippen LogP contribution is -2.31. The van der Waals surface area contributed by atoms with Gasteiger partial charge in [0.2, 0.25) is 5.91 Å². The number of carbonyl (C=O) groups excluding carboxylic acids is 1. The van der Waals surface area contributed by atoms with E-state index in [0.29, 0.717) is 6.42 Å². The molecule has 146 valence electrons. The third-order valence-corrected chi connectivity index (χ3v) is 5.32. The Morgan fingerprint density at radius 2 is 1.81 bits per heavy atom. The highest BCUT2D eigenvalue weighted by molar-refractivity contribution is 5.93. The third-order valence-electron chi connectivity index (χ3n) is 5.32. The smallest absolute Gasteiger partial charge is 0.224 e. The number of fused-ring (bicyclic) bond motifs is 1. The Labute approximate surface area is 162 Å². The number of hydrogen-bond donors (Lipinski definition) is 1. The molecule has 0 unspecified atom stereocenters. The maximum Gasteiger partial charge on any atom is 0.224 e. The minimum Gasteiger partial charge on any atom is -0.365 e. The predicted octanol–water partition coefficient (Wildman–Crippen LogP) is 4.28. The lowest BCUT2D eigenvalue weighted by molar-refractivity contribution is -0.117. The zero-order valence-corrected chi connectivity index (χ0v) is 17.7. The molecular weight excluding hydrogens is 336 g/mol. The SMILES string of the molecule is Cc1cc(N2CCc3nc(C)n(C)c3C2)cc(C)c1NC(=O)CC(C)(C)C. The number of amides is 1. The van der Waals surface area contributed by atoms with E-state index >= 15 is 0 Å². The molecule has 5 nitrogen and oxygen atoms in total. The first-order valence-electron chi connectivity index (χ1n) is 9.72. The summed E-state index contributed by atoms with van der Waals surface area (Å²) >= 11 is 0. The molecule has 1 aliphatic heterocycles. The second-order valence-electron chi connectivity index (χ2n) is 9.02. The van der Waals surface area contributed by atoms with Gasteiger partial charge >= 0.3 is 0 Å². The predicted molar refractivity (Wildman–Crippen MR) is 111 cm³/mol. The molecule has 0 spiro atoms. The number of carbonyl (C=O) groups is 1. The second-order valence-corrected chi connectivity index (χ2v) is 9.02. The van der Waals surface area contributed by atoms with Gasteiger partial charge in [0.15, 0.2) is 0 Å². The van der Waals surface area contributed by atoms with Crippen molar-refractivity contribution in [2.24, 2.45) is 12.5 Å². The molecule has 5 heteroatoms. The van der Waals surface area contributed by atoms with E-state index in [9.17, 15) is 4.79 Å². The van der Waals surface area contributed by atoms with Crippen LogP contribution >= 0.6 is 0 Å². The Kier molecular flexibility index (Phi) is 5.06. The molecule has 2 aromatic rings. The quantitative estimate of drug-likeness (QED) is 0.879. The van der Waals surface area contributed by atoms with Crippen molar-refractivity contribution in [3.8, 4) is 0 Å². The lowest BCUT2D eigenvalue weighted by Gasteiger charge is -2.30. The second kappa shape index (κ2) is 7.02. The molecule has 0 aliphatic carbocycles. The van der Waals surface area contributed by atoms with Crippen LogP contribution in [0.2, 0.25) is 0 Å². The van der Waals surface area contributed by atoms with E-state index in [1.807, 2.05) is 0 Å². The highest BCUT2D eigenvalue weighted by atomic mass is 16.1. The fourth-order valence-electron chi connectivity index (χ4n) is 3.83. The lowest BCUT2D eigenvalue weighted by atomic mass is 9.92. The van der Waals surface area contributed by atoms with Crippen molar-refractivity contribution in [3.05, 3.63) is 40.5 Å². The van der Waals surface area contributed by atoms with Gasteiger partial charge in [-0.1, -0.05) is 20.8 Å². The van der Waals surface area contributed by atoms with Gasteiger partial charge in [0.1, 0.15) is 5.82 Å². The molecule has 3 rings (SSSR count). The van der Waals surface area contributed by atoms with Gasteiger partial charge in [0, 0.05) is 37.8 Å². The minimum absolute atomic E-state index is 0.0153. The first-order chi connectivity index (χ1) is 12.5. The first kappa shape index (κ1) is 19.5. The highest BCUT2D eigenvalue weighted by Crippen LogP contribution is 2.31. The molecule has 0 radical (unpaired) electrons. The maximum atomic E-state index is 12.4. The molecule has 1 aromatic heterocycles. The summed E-state index contributed by atoms with van der Waals surface area (Å²) < 4.78 is 2.20. The maximum absolute atomic E-state index is 12.4. The van der Waals surface area contributed by atoms with Crippen LogP contribution in [0.5, 0.6) is 0 Å². The van der Waals surface area contributed by atoms with Gasteiger partial charge in [0.25, 0.3) is 0 Å². The van der Waals surface area contributed by atoms with E-state index in [1.54, 1.807) is 0 Å². The number of nitrogens with one attached hydrogen (secondary N) is 1. The van der Waals surface area contributed by atoms with E-state index in [2.05, 4.69) is 80.5 Å². The average Bonchev–Trinajstić information content (AvgIpc) is 2.83. The molecule has 0 saturated heterocycles. The molecule has 1 N–H and O–H groups in total. The monoisotopic (exact) mass is 368 g/mol. The molecule has 27 heavy (non-hydrogen) atoms. The summed E-state index contributed by atoms with van der Waals surface area (Å²) in [6.07, 6.45) is 1.49. The zero-order valence-electron chi connectivity index (χ0n) is 17.7. The van der Waals surface area contributed by atoms with Crippen LogP contribution in [0, 0.1) is 26.2 Å². The minimum atomic E-state index is -0.0153. The van der Waals surface area contributed by atoms with Crippen LogP contribution in [-0.2, 0) is 24.8 Å². The first-order valence-corrected chi connectivity index (χ1v) is 9.72. The summed E-state index contributed by atoms with van der Waals surface area (Å²) in [6, 6.07) is 4.38. The van der Waals surface area contributed by atoms with Gasteiger partial charge < -0.3 is 14.8 Å². The Hall–Kier alpha value is -2.30. The number of hydrogen-bond acceptors (Lipinski definition) is 3. The normalized spacial score (nSPS) is 14.3. The van der Waals surface area contributed by atoms with E-state index in [-0.39, 0.29) is 11.3 Å². The van der Waals surface area contributed by atoms with E-state index in [4.69, 9.17) is 0 Å². The molecular formula is C22H32N4O. The van der Waals surface area contributed by atoms with Gasteiger partial charge in [-0.15, -0.1) is 0 Å². The standard InChI is InChI=1S/C22H32N4O/c1-14-10-17(11-15(2)21(14)24-20(27)12-22(4,5)6)26-9-8-18-19(13-26)25(7)16(3)23-18/h10-11H,8-9,12-13H2,1-7H3,(H,24,27). The van der Waals surface area contributed by atoms with Crippen LogP contribution in [0.15, 0.2) is 12.1 Å². The summed E-state index contributed by atoms with van der Waals surface area (Å²) in [5, 5.41) is 3.12. The van der Waals surface area contributed by atoms with Crippen LogP contribution in [0.1, 0.15) is 55.5 Å². The molecule has 1 aromatic carbocycles. The molecule has 2 heterocycles. The highest BCUT2D eigenvalue weighted by Gasteiger charge is 2.23. The molecule has 0 fully saturated rings. The number of rotatable bonds is 3. The molecule has 1 amide bonds. The van der Waals surface area contributed by atoms with Crippen molar-refractivity contribution in [2.45, 2.75) is 60.9 Å². The van der Waals surface area contributed by atoms with Crippen molar-refractivity contribution >= 4 is 17.3 Å². The third kappa shape index (κ3) is 4.18. The van der Waals surface area contributed by atoms with E-state index < -0.39 is 0 Å². The van der Waals surface area contributed by atoms with E-state index in [1.165, 1.54) is 17.1 Å². The van der Waals surface area contributed by atoms with Crippen LogP contribution in [0.3, 0.4) is 0 Å². The van der Waals surface area contributed by atoms with Crippen molar-refractivity contribution < 1.29 is 4.79 Å². The molecule has 0 saturated carbocycles. The van der Waals surface area contributed by atoms with Crippen molar-refractivity contribution in [1.29, 1.82) is 0 Å². The largest absolute Gasteiger partial charge is 0.365 e. The van der Waals surface area contributed by atoms with Crippen molar-refractivity contribution in [3.63, 3.8) is 0 Å². The fourth-order valence-corrected chi connectivity index (χ4v) is 3.83. The van der Waals surface area contributed by atoms with Gasteiger partial charge in [-0.2, -0.15) is 0 Å². The van der Waals surface area contributed by atoms with Crippen molar-refractivity contribution in [2.75, 3.05) is 16.8 Å². The number of anilines is 2. The Morgan fingerprint density at radius 1 is 1.19 bits per heavy atom. The van der Waals surface area contributed by atoms with Gasteiger partial charge in [-0.3, -0.25) is 4.79 Å². The van der Waals surface area contributed by atoms with Crippen molar-refractivity contribution in [1.82, 2.24) is 9.55 Å². The van der Waals surface area contributed by atoms with E-state index in [0.717, 1.165) is 42.1 Å². The van der Waals surface area contributed by atoms with Gasteiger partial charge in [-0.25, -0.2) is 4.98 Å². The number of aryl methyl sites for hydroxylation is 3. The number of benzene rings is 1. The van der Waals surface area contributed by atoms with Gasteiger partial charge in [0.05, 0.1) is 17.9 Å².